The van der Waals surface area contributed by atoms with Crippen molar-refractivity contribution in [2.24, 2.45) is 0 Å². The van der Waals surface area contributed by atoms with Crippen molar-refractivity contribution in [1.29, 1.82) is 0 Å². The maximum Gasteiger partial charge on any atom is 2.00 e. The first kappa shape index (κ1) is 23.9. The summed E-state index contributed by atoms with van der Waals surface area (Å²) in [7, 11) is 0. The van der Waals surface area contributed by atoms with Crippen LogP contribution >= 0.6 is 0 Å². The van der Waals surface area contributed by atoms with Crippen LogP contribution in [0.5, 0.6) is 0 Å². The molecule has 10 nitrogen and oxygen atoms in total. The molecule has 0 unspecified atom stereocenters. The molecule has 0 radical (unpaired) electrons. The summed E-state index contributed by atoms with van der Waals surface area (Å²) >= 11 is 0. The second-order valence-electron chi connectivity index (χ2n) is 7.21. The van der Waals surface area contributed by atoms with Gasteiger partial charge in [0.25, 0.3) is 0 Å². The average molecular weight is 514 g/mol. The Kier molecular flexibility index (Phi) is 8.03. The van der Waals surface area contributed by atoms with E-state index >= 15 is 0 Å². The van der Waals surface area contributed by atoms with Crippen LogP contribution in [-0.2, 0) is 32.6 Å². The maximum atomic E-state index is 4.17. The van der Waals surface area contributed by atoms with E-state index in [1.54, 1.807) is 0 Å². The topological polar surface area (TPSA) is 130 Å². The van der Waals surface area contributed by atoms with Crippen LogP contribution in [0.4, 0.5) is 11.6 Å². The molecule has 2 aromatic carbocycles. The van der Waals surface area contributed by atoms with Gasteiger partial charge in [0.1, 0.15) is 11.6 Å². The van der Waals surface area contributed by atoms with Gasteiger partial charge in [0.2, 0.25) is 0 Å². The Morgan fingerprint density at radius 2 is 0.971 bits per heavy atom. The molecule has 0 saturated carbocycles. The Balaban J connectivity index is 0.000000160. The SMILES string of the molecule is [Zn+2].c1ccc(CNc2ncnc3[n-]cnc23)cc1.c1ccc(CNc2ncnc3[n-]cnc23)cc1. The largest absolute Gasteiger partial charge is 2.00 e. The Hall–Kier alpha value is -4.24. The summed E-state index contributed by atoms with van der Waals surface area (Å²) in [6.45, 7) is 1.42. The van der Waals surface area contributed by atoms with E-state index in [1.165, 1.54) is 36.4 Å². The van der Waals surface area contributed by atoms with Gasteiger partial charge >= 0.3 is 19.5 Å². The average Bonchev–Trinajstić information content (AvgIpc) is 3.58. The van der Waals surface area contributed by atoms with Crippen molar-refractivity contribution >= 4 is 34.0 Å². The van der Waals surface area contributed by atoms with Crippen LogP contribution in [0.25, 0.3) is 22.3 Å². The number of benzene rings is 2. The van der Waals surface area contributed by atoms with E-state index in [-0.39, 0.29) is 19.5 Å². The standard InChI is InChI=1S/2C12H10N5.Zn/c2*1-2-4-9(5-3-1)6-13-11-10-12(15-7-14-10)17-8-16-11;/h2*1-5,7-8H,6H2,(H-,13,14,15,16,17);/q2*-1;+2. The molecule has 35 heavy (non-hydrogen) atoms. The van der Waals surface area contributed by atoms with Crippen molar-refractivity contribution < 1.29 is 19.5 Å². The normalized spacial score (nSPS) is 10.3. The first-order valence-corrected chi connectivity index (χ1v) is 10.6. The molecule has 4 heterocycles. The number of anilines is 2. The van der Waals surface area contributed by atoms with E-state index in [0.29, 0.717) is 35.4 Å². The molecule has 2 N–H and O–H groups in total. The first-order chi connectivity index (χ1) is 16.9. The molecule has 168 valence electrons. The number of hydrogen-bond donors (Lipinski definition) is 2. The number of aromatic nitrogens is 8. The third-order valence-corrected chi connectivity index (χ3v) is 4.95. The van der Waals surface area contributed by atoms with Gasteiger partial charge in [0, 0.05) is 48.1 Å². The number of imidazole rings is 2. The van der Waals surface area contributed by atoms with Gasteiger partial charge in [0.15, 0.2) is 0 Å². The second-order valence-corrected chi connectivity index (χ2v) is 7.21. The van der Waals surface area contributed by atoms with Crippen molar-refractivity contribution in [2.75, 3.05) is 10.6 Å². The Morgan fingerprint density at radius 1 is 0.543 bits per heavy atom. The fourth-order valence-corrected chi connectivity index (χ4v) is 3.27. The summed E-state index contributed by atoms with van der Waals surface area (Å²) in [5, 5.41) is 6.47. The number of nitrogens with one attached hydrogen (secondary N) is 2. The number of nitrogens with zero attached hydrogens (tertiary/aromatic N) is 8. The van der Waals surface area contributed by atoms with Crippen LogP contribution in [0.2, 0.25) is 0 Å². The quantitative estimate of drug-likeness (QED) is 0.320. The molecule has 0 spiro atoms. The molecular weight excluding hydrogens is 494 g/mol. The predicted octanol–water partition coefficient (Wildman–Crippen LogP) is 3.19. The third-order valence-electron chi connectivity index (χ3n) is 4.95. The zero-order chi connectivity index (χ0) is 23.0. The van der Waals surface area contributed by atoms with Gasteiger partial charge in [-0.15, -0.1) is 0 Å². The van der Waals surface area contributed by atoms with Crippen LogP contribution in [0.15, 0.2) is 86.0 Å². The molecule has 6 rings (SSSR count). The summed E-state index contributed by atoms with van der Waals surface area (Å²) in [5.74, 6) is 1.44. The maximum absolute atomic E-state index is 4.17. The summed E-state index contributed by atoms with van der Waals surface area (Å²) in [6.07, 6.45) is 5.97. The van der Waals surface area contributed by atoms with E-state index in [0.717, 1.165) is 11.6 Å². The summed E-state index contributed by atoms with van der Waals surface area (Å²) < 4.78 is 0. The molecule has 0 aliphatic carbocycles. The molecule has 4 aromatic heterocycles. The van der Waals surface area contributed by atoms with Crippen LogP contribution in [0.3, 0.4) is 0 Å². The minimum Gasteiger partial charge on any atom is -0.365 e. The van der Waals surface area contributed by atoms with Gasteiger partial charge in [0.05, 0.1) is 0 Å². The van der Waals surface area contributed by atoms with Gasteiger partial charge in [-0.1, -0.05) is 60.7 Å². The van der Waals surface area contributed by atoms with Crippen molar-refractivity contribution in [3.05, 3.63) is 97.1 Å². The van der Waals surface area contributed by atoms with Gasteiger partial charge in [-0.3, -0.25) is 0 Å². The monoisotopic (exact) mass is 512 g/mol. The van der Waals surface area contributed by atoms with Crippen molar-refractivity contribution in [2.45, 2.75) is 13.1 Å². The number of hydrogen-bond acceptors (Lipinski definition) is 8. The molecule has 0 bridgehead atoms. The van der Waals surface area contributed by atoms with Gasteiger partial charge < -0.3 is 40.5 Å². The van der Waals surface area contributed by atoms with E-state index in [4.69, 9.17) is 0 Å². The van der Waals surface area contributed by atoms with E-state index in [2.05, 4.69) is 74.8 Å². The fourth-order valence-electron chi connectivity index (χ4n) is 3.27. The van der Waals surface area contributed by atoms with Gasteiger partial charge in [-0.05, 0) is 23.8 Å². The number of fused-ring (bicyclic) bond motifs is 2. The molecular formula is C24H20N10Zn. The van der Waals surface area contributed by atoms with Crippen molar-refractivity contribution in [3.8, 4) is 0 Å². The van der Waals surface area contributed by atoms with Crippen LogP contribution in [0, 0.1) is 0 Å². The van der Waals surface area contributed by atoms with Crippen LogP contribution in [0.1, 0.15) is 11.1 Å². The van der Waals surface area contributed by atoms with Crippen LogP contribution < -0.4 is 20.6 Å². The number of rotatable bonds is 6. The second kappa shape index (κ2) is 11.8. The minimum atomic E-state index is 0. The minimum absolute atomic E-state index is 0. The molecule has 0 amide bonds. The molecule has 11 heteroatoms. The zero-order valence-electron chi connectivity index (χ0n) is 18.8. The molecule has 0 fully saturated rings. The molecule has 0 aliphatic heterocycles. The van der Waals surface area contributed by atoms with E-state index in [9.17, 15) is 0 Å². The van der Waals surface area contributed by atoms with Crippen molar-refractivity contribution in [3.63, 3.8) is 0 Å². The summed E-state index contributed by atoms with van der Waals surface area (Å²) in [6, 6.07) is 20.3. The Bertz CT molecular complexity index is 1350. The molecule has 0 atom stereocenters. The van der Waals surface area contributed by atoms with Crippen molar-refractivity contribution in [1.82, 2.24) is 39.9 Å². The molecule has 0 saturated heterocycles. The van der Waals surface area contributed by atoms with Crippen LogP contribution in [-0.4, -0.2) is 29.9 Å². The van der Waals surface area contributed by atoms with E-state index < -0.39 is 0 Å². The molecule has 6 aromatic rings. The molecule has 0 aliphatic rings. The van der Waals surface area contributed by atoms with E-state index in [1.807, 2.05) is 36.4 Å². The predicted molar refractivity (Wildman–Crippen MR) is 129 cm³/mol. The third kappa shape index (κ3) is 6.01. The Morgan fingerprint density at radius 3 is 1.40 bits per heavy atom. The summed E-state index contributed by atoms with van der Waals surface area (Å²) in [4.78, 5) is 32.7. The summed E-state index contributed by atoms with van der Waals surface area (Å²) in [5.41, 5.74) is 5.05. The fraction of sp³-hybridized carbons (Fsp3) is 0.0833. The smallest absolute Gasteiger partial charge is 0.365 e. The zero-order valence-corrected chi connectivity index (χ0v) is 21.7. The Labute approximate surface area is 213 Å². The van der Waals surface area contributed by atoms with Gasteiger partial charge in [-0.2, -0.15) is 0 Å². The van der Waals surface area contributed by atoms with Gasteiger partial charge in [-0.25, -0.2) is 9.97 Å². The first-order valence-electron chi connectivity index (χ1n) is 10.6.